The van der Waals surface area contributed by atoms with Crippen LogP contribution in [-0.2, 0) is 9.59 Å². The summed E-state index contributed by atoms with van der Waals surface area (Å²) in [5.41, 5.74) is 2.51. The van der Waals surface area contributed by atoms with Gasteiger partial charge in [0.25, 0.3) is 0 Å². The maximum atomic E-state index is 13.0. The fourth-order valence-electron chi connectivity index (χ4n) is 3.65. The standard InChI is InChI=1S/C23H20N2O2/c26-21-16-20(23(27)24-18-12-6-2-7-13-18)22(17-10-4-1-5-11-17)25(21)19-14-8-3-9-15-19/h1-15,20,22H,16H2,(H,24,27)/t20-,22-/m0/s1. The van der Waals surface area contributed by atoms with E-state index in [0.717, 1.165) is 16.9 Å². The summed E-state index contributed by atoms with van der Waals surface area (Å²) in [6, 6.07) is 28.3. The first-order valence-corrected chi connectivity index (χ1v) is 9.02. The molecule has 1 saturated heterocycles. The summed E-state index contributed by atoms with van der Waals surface area (Å²) < 4.78 is 0. The van der Waals surface area contributed by atoms with Gasteiger partial charge in [-0.15, -0.1) is 0 Å². The van der Waals surface area contributed by atoms with Crippen molar-refractivity contribution >= 4 is 23.2 Å². The minimum Gasteiger partial charge on any atom is -0.326 e. The molecule has 0 saturated carbocycles. The molecule has 2 amide bonds. The van der Waals surface area contributed by atoms with Gasteiger partial charge >= 0.3 is 0 Å². The minimum atomic E-state index is -0.458. The topological polar surface area (TPSA) is 49.4 Å². The Labute approximate surface area is 158 Å². The Hall–Kier alpha value is -3.40. The van der Waals surface area contributed by atoms with Gasteiger partial charge in [0.05, 0.1) is 12.0 Å². The zero-order valence-electron chi connectivity index (χ0n) is 14.8. The number of amides is 2. The van der Waals surface area contributed by atoms with Gasteiger partial charge in [-0.1, -0.05) is 66.7 Å². The number of nitrogens with one attached hydrogen (secondary N) is 1. The first-order chi connectivity index (χ1) is 13.2. The molecule has 3 aromatic carbocycles. The van der Waals surface area contributed by atoms with Crippen LogP contribution in [0.15, 0.2) is 91.0 Å². The van der Waals surface area contributed by atoms with Gasteiger partial charge in [-0.25, -0.2) is 0 Å². The third kappa shape index (κ3) is 3.47. The van der Waals surface area contributed by atoms with Gasteiger partial charge in [-0.3, -0.25) is 9.59 Å². The molecule has 0 aliphatic carbocycles. The number of hydrogen-bond acceptors (Lipinski definition) is 2. The van der Waals surface area contributed by atoms with Crippen molar-refractivity contribution in [1.29, 1.82) is 0 Å². The highest BCUT2D eigenvalue weighted by Gasteiger charge is 2.45. The Kier molecular flexibility index (Phi) is 4.71. The van der Waals surface area contributed by atoms with Gasteiger partial charge in [0.2, 0.25) is 11.8 Å². The van der Waals surface area contributed by atoms with Crippen molar-refractivity contribution in [3.8, 4) is 0 Å². The number of carbonyl (C=O) groups excluding carboxylic acids is 2. The number of hydrogen-bond donors (Lipinski definition) is 1. The molecule has 0 aromatic heterocycles. The average Bonchev–Trinajstić information content (AvgIpc) is 3.07. The Balaban J connectivity index is 1.70. The van der Waals surface area contributed by atoms with Crippen LogP contribution in [0, 0.1) is 5.92 Å². The van der Waals surface area contributed by atoms with Crippen LogP contribution in [0.5, 0.6) is 0 Å². The summed E-state index contributed by atoms with van der Waals surface area (Å²) in [6.45, 7) is 0. The molecule has 1 heterocycles. The van der Waals surface area contributed by atoms with E-state index >= 15 is 0 Å². The van der Waals surface area contributed by atoms with Crippen LogP contribution >= 0.6 is 0 Å². The molecule has 0 unspecified atom stereocenters. The van der Waals surface area contributed by atoms with Gasteiger partial charge < -0.3 is 10.2 Å². The van der Waals surface area contributed by atoms with Gasteiger partial charge in [0, 0.05) is 17.8 Å². The number of para-hydroxylation sites is 2. The predicted molar refractivity (Wildman–Crippen MR) is 106 cm³/mol. The third-order valence-corrected chi connectivity index (χ3v) is 4.88. The summed E-state index contributed by atoms with van der Waals surface area (Å²) in [6.07, 6.45) is 0.188. The molecule has 1 fully saturated rings. The molecular weight excluding hydrogens is 336 g/mol. The SMILES string of the molecule is O=C(Nc1ccccc1)[C@H]1CC(=O)N(c2ccccc2)[C@H]1c1ccccc1. The molecule has 27 heavy (non-hydrogen) atoms. The van der Waals surface area contributed by atoms with Gasteiger partial charge in [-0.2, -0.15) is 0 Å². The van der Waals surface area contributed by atoms with Crippen LogP contribution in [0.1, 0.15) is 18.0 Å². The first-order valence-electron chi connectivity index (χ1n) is 9.02. The highest BCUT2D eigenvalue weighted by atomic mass is 16.2. The summed E-state index contributed by atoms with van der Waals surface area (Å²) in [5, 5.41) is 2.96. The van der Waals surface area contributed by atoms with Crippen molar-refractivity contribution in [3.63, 3.8) is 0 Å². The summed E-state index contributed by atoms with van der Waals surface area (Å²) in [7, 11) is 0. The molecule has 1 aliphatic rings. The lowest BCUT2D eigenvalue weighted by Crippen LogP contribution is -2.32. The van der Waals surface area contributed by atoms with Gasteiger partial charge in [0.1, 0.15) is 0 Å². The van der Waals surface area contributed by atoms with E-state index in [1.807, 2.05) is 91.0 Å². The molecular formula is C23H20N2O2. The van der Waals surface area contributed by atoms with E-state index in [2.05, 4.69) is 5.32 Å². The maximum absolute atomic E-state index is 13.0. The molecule has 4 rings (SSSR count). The fourth-order valence-corrected chi connectivity index (χ4v) is 3.65. The number of benzene rings is 3. The van der Waals surface area contributed by atoms with Crippen LogP contribution in [0.2, 0.25) is 0 Å². The van der Waals surface area contributed by atoms with Crippen molar-refractivity contribution in [3.05, 3.63) is 96.6 Å². The Morgan fingerprint density at radius 2 is 1.37 bits per heavy atom. The molecule has 4 nitrogen and oxygen atoms in total. The van der Waals surface area contributed by atoms with Crippen molar-refractivity contribution in [2.45, 2.75) is 12.5 Å². The molecule has 2 atom stereocenters. The normalized spacial score (nSPS) is 19.1. The van der Waals surface area contributed by atoms with E-state index in [1.165, 1.54) is 0 Å². The monoisotopic (exact) mass is 356 g/mol. The lowest BCUT2D eigenvalue weighted by molar-refractivity contribution is -0.122. The average molecular weight is 356 g/mol. The van der Waals surface area contributed by atoms with Crippen molar-refractivity contribution in [2.75, 3.05) is 10.2 Å². The zero-order chi connectivity index (χ0) is 18.6. The van der Waals surface area contributed by atoms with Gasteiger partial charge in [0.15, 0.2) is 0 Å². The maximum Gasteiger partial charge on any atom is 0.230 e. The molecule has 0 radical (unpaired) electrons. The molecule has 0 bridgehead atoms. The van der Waals surface area contributed by atoms with E-state index in [9.17, 15) is 9.59 Å². The number of anilines is 2. The second-order valence-electron chi connectivity index (χ2n) is 6.62. The molecule has 3 aromatic rings. The van der Waals surface area contributed by atoms with Crippen molar-refractivity contribution in [2.24, 2.45) is 5.92 Å². The Bertz CT molecular complexity index is 926. The Morgan fingerprint density at radius 3 is 2.00 bits per heavy atom. The van der Waals surface area contributed by atoms with E-state index in [1.54, 1.807) is 4.90 Å². The first kappa shape index (κ1) is 17.0. The second kappa shape index (κ2) is 7.46. The fraction of sp³-hybridized carbons (Fsp3) is 0.130. The zero-order valence-corrected chi connectivity index (χ0v) is 14.8. The number of rotatable bonds is 4. The highest BCUT2D eigenvalue weighted by Crippen LogP contribution is 2.41. The molecule has 134 valence electrons. The van der Waals surface area contributed by atoms with E-state index in [-0.39, 0.29) is 24.3 Å². The van der Waals surface area contributed by atoms with Crippen LogP contribution in [-0.4, -0.2) is 11.8 Å². The minimum absolute atomic E-state index is 0.0386. The summed E-state index contributed by atoms with van der Waals surface area (Å²) >= 11 is 0. The largest absolute Gasteiger partial charge is 0.326 e. The summed E-state index contributed by atoms with van der Waals surface area (Å²) in [4.78, 5) is 27.7. The van der Waals surface area contributed by atoms with E-state index in [4.69, 9.17) is 0 Å². The van der Waals surface area contributed by atoms with Crippen LogP contribution in [0.25, 0.3) is 0 Å². The summed E-state index contributed by atoms with van der Waals surface area (Å²) in [5.74, 6) is -0.634. The van der Waals surface area contributed by atoms with Gasteiger partial charge in [-0.05, 0) is 29.8 Å². The molecule has 1 aliphatic heterocycles. The number of carbonyl (C=O) groups is 2. The molecule has 4 heteroatoms. The highest BCUT2D eigenvalue weighted by molar-refractivity contribution is 6.04. The molecule has 0 spiro atoms. The number of nitrogens with zero attached hydrogens (tertiary/aromatic N) is 1. The third-order valence-electron chi connectivity index (χ3n) is 4.88. The molecule has 1 N–H and O–H groups in total. The van der Waals surface area contributed by atoms with Crippen molar-refractivity contribution in [1.82, 2.24) is 0 Å². The van der Waals surface area contributed by atoms with Crippen LogP contribution in [0.4, 0.5) is 11.4 Å². The Morgan fingerprint density at radius 1 is 0.815 bits per heavy atom. The van der Waals surface area contributed by atoms with E-state index in [0.29, 0.717) is 0 Å². The van der Waals surface area contributed by atoms with Crippen LogP contribution in [0.3, 0.4) is 0 Å². The van der Waals surface area contributed by atoms with Crippen molar-refractivity contribution < 1.29 is 9.59 Å². The van der Waals surface area contributed by atoms with E-state index < -0.39 is 5.92 Å². The lowest BCUT2D eigenvalue weighted by atomic mass is 9.92. The smallest absolute Gasteiger partial charge is 0.230 e. The van der Waals surface area contributed by atoms with Crippen LogP contribution < -0.4 is 10.2 Å². The second-order valence-corrected chi connectivity index (χ2v) is 6.62. The quantitative estimate of drug-likeness (QED) is 0.752. The lowest BCUT2D eigenvalue weighted by Gasteiger charge is -2.28. The predicted octanol–water partition coefficient (Wildman–Crippen LogP) is 4.42.